The number of aromatic amines is 1. The maximum Gasteiger partial charge on any atom is 0.202 e. The largest absolute Gasteiger partial charge is 0.497 e. The first-order chi connectivity index (χ1) is 17.0. The molecule has 1 saturated heterocycles. The molecule has 10 heteroatoms. The summed E-state index contributed by atoms with van der Waals surface area (Å²) in [5.74, 6) is 1.06. The molecule has 182 valence electrons. The van der Waals surface area contributed by atoms with Gasteiger partial charge in [-0.05, 0) is 42.7 Å². The number of halogens is 2. The lowest BCUT2D eigenvalue weighted by Gasteiger charge is -2.41. The Labute approximate surface area is 207 Å². The summed E-state index contributed by atoms with van der Waals surface area (Å²) in [7, 11) is 1.65. The molecular formula is C25H26ClFN6O2. The number of benzene rings is 2. The number of anilines is 1. The number of nitrogens with zero attached hydrogens (tertiary/aromatic N) is 4. The number of aliphatic hydroxyl groups is 1. The second-order valence-electron chi connectivity index (χ2n) is 8.72. The molecule has 0 atom stereocenters. The minimum absolute atomic E-state index is 0.0494. The summed E-state index contributed by atoms with van der Waals surface area (Å²) in [5, 5.41) is 21.1. The van der Waals surface area contributed by atoms with Gasteiger partial charge >= 0.3 is 0 Å². The Morgan fingerprint density at radius 3 is 2.66 bits per heavy atom. The highest BCUT2D eigenvalue weighted by molar-refractivity contribution is 6.33. The van der Waals surface area contributed by atoms with Crippen LogP contribution < -0.4 is 15.0 Å². The van der Waals surface area contributed by atoms with Crippen molar-refractivity contribution < 1.29 is 14.2 Å². The Bertz CT molecular complexity index is 1300. The molecule has 8 nitrogen and oxygen atoms in total. The van der Waals surface area contributed by atoms with Crippen molar-refractivity contribution in [2.45, 2.75) is 24.9 Å². The first kappa shape index (κ1) is 23.5. The zero-order valence-electron chi connectivity index (χ0n) is 19.3. The lowest BCUT2D eigenvalue weighted by atomic mass is 9.88. The number of rotatable bonds is 7. The van der Waals surface area contributed by atoms with Crippen molar-refractivity contribution in [2.24, 2.45) is 0 Å². The Morgan fingerprint density at radius 1 is 1.20 bits per heavy atom. The maximum atomic E-state index is 14.4. The first-order valence-electron chi connectivity index (χ1n) is 11.4. The highest BCUT2D eigenvalue weighted by atomic mass is 35.5. The van der Waals surface area contributed by atoms with E-state index >= 15 is 0 Å². The number of hydrogen-bond acceptors (Lipinski definition) is 7. The van der Waals surface area contributed by atoms with Gasteiger partial charge in [0.2, 0.25) is 5.65 Å². The van der Waals surface area contributed by atoms with E-state index in [1.165, 1.54) is 6.07 Å². The van der Waals surface area contributed by atoms with Crippen LogP contribution in [0.2, 0.25) is 5.02 Å². The second kappa shape index (κ2) is 9.77. The minimum Gasteiger partial charge on any atom is -0.497 e. The summed E-state index contributed by atoms with van der Waals surface area (Å²) in [4.78, 5) is 11.3. The van der Waals surface area contributed by atoms with Crippen molar-refractivity contribution in [2.75, 3.05) is 31.7 Å². The Balaban J connectivity index is 1.28. The third kappa shape index (κ3) is 4.67. The number of methoxy groups -OCH3 is 1. The fourth-order valence-corrected chi connectivity index (χ4v) is 4.69. The number of nitrogens with one attached hydrogen (secondary N) is 2. The van der Waals surface area contributed by atoms with Crippen LogP contribution in [0.15, 0.2) is 48.7 Å². The predicted molar refractivity (Wildman–Crippen MR) is 133 cm³/mol. The summed E-state index contributed by atoms with van der Waals surface area (Å²) in [6.45, 7) is 2.11. The fourth-order valence-electron chi connectivity index (χ4n) is 4.44. The number of H-pyrrole nitrogens is 1. The highest BCUT2D eigenvalue weighted by Crippen LogP contribution is 2.33. The van der Waals surface area contributed by atoms with Gasteiger partial charge in [-0.15, -0.1) is 0 Å². The number of aliphatic hydroxyl groups excluding tert-OH is 1. The molecule has 35 heavy (non-hydrogen) atoms. The average molecular weight is 497 g/mol. The molecule has 0 saturated carbocycles. The Kier molecular flexibility index (Phi) is 6.55. The van der Waals surface area contributed by atoms with Gasteiger partial charge in [0.15, 0.2) is 0 Å². The van der Waals surface area contributed by atoms with Crippen LogP contribution in [0.3, 0.4) is 0 Å². The van der Waals surface area contributed by atoms with Gasteiger partial charge in [0, 0.05) is 25.2 Å². The van der Waals surface area contributed by atoms with Crippen molar-refractivity contribution in [3.05, 3.63) is 65.1 Å². The van der Waals surface area contributed by atoms with Crippen LogP contribution in [0, 0.1) is 5.82 Å². The van der Waals surface area contributed by atoms with Gasteiger partial charge in [0.1, 0.15) is 22.9 Å². The number of piperidine rings is 1. The molecule has 0 amide bonds. The van der Waals surface area contributed by atoms with Crippen LogP contribution in [0.1, 0.15) is 18.4 Å². The molecule has 1 fully saturated rings. The molecule has 3 heterocycles. The van der Waals surface area contributed by atoms with E-state index in [2.05, 4.69) is 30.4 Å². The maximum absolute atomic E-state index is 14.4. The van der Waals surface area contributed by atoms with E-state index in [-0.39, 0.29) is 22.7 Å². The van der Waals surface area contributed by atoms with Crippen molar-refractivity contribution in [3.63, 3.8) is 0 Å². The van der Waals surface area contributed by atoms with Gasteiger partial charge < -0.3 is 20.1 Å². The Morgan fingerprint density at radius 2 is 1.97 bits per heavy atom. The first-order valence-corrected chi connectivity index (χ1v) is 11.8. The molecule has 4 aromatic rings. The summed E-state index contributed by atoms with van der Waals surface area (Å²) in [5.41, 5.74) is 2.25. The standard InChI is InChI=1S/C25H26ClFN6O2/c1-35-17-7-5-16(6-8-17)13-29-25(15-34)9-11-33(12-10-25)20-14-28-23-22(31-32-24(23)30-20)21-18(26)3-2-4-19(21)27/h2-8,14,29,34H,9-13,15H2,1H3,(H,30,31,32). The minimum atomic E-state index is -0.451. The van der Waals surface area contributed by atoms with Gasteiger partial charge in [-0.1, -0.05) is 29.8 Å². The summed E-state index contributed by atoms with van der Waals surface area (Å²) < 4.78 is 19.6. The predicted octanol–water partition coefficient (Wildman–Crippen LogP) is 3.94. The van der Waals surface area contributed by atoms with Crippen LogP contribution in [0.4, 0.5) is 10.2 Å². The molecule has 0 unspecified atom stereocenters. The molecule has 2 aromatic carbocycles. The van der Waals surface area contributed by atoms with Gasteiger partial charge in [0.25, 0.3) is 0 Å². The zero-order valence-corrected chi connectivity index (χ0v) is 20.0. The second-order valence-corrected chi connectivity index (χ2v) is 9.13. The van der Waals surface area contributed by atoms with Crippen molar-refractivity contribution in [1.82, 2.24) is 25.5 Å². The molecule has 2 aromatic heterocycles. The third-order valence-electron chi connectivity index (χ3n) is 6.64. The smallest absolute Gasteiger partial charge is 0.202 e. The zero-order chi connectivity index (χ0) is 24.4. The molecule has 5 rings (SSSR count). The van der Waals surface area contributed by atoms with E-state index < -0.39 is 5.82 Å². The monoisotopic (exact) mass is 496 g/mol. The lowest BCUT2D eigenvalue weighted by Crippen LogP contribution is -2.55. The molecule has 0 radical (unpaired) electrons. The van der Waals surface area contributed by atoms with Gasteiger partial charge in [-0.25, -0.2) is 14.4 Å². The molecule has 0 bridgehead atoms. The lowest BCUT2D eigenvalue weighted by molar-refractivity contribution is 0.132. The van der Waals surface area contributed by atoms with Crippen LogP contribution in [0.5, 0.6) is 5.75 Å². The van der Waals surface area contributed by atoms with Gasteiger partial charge in [-0.3, -0.25) is 5.10 Å². The molecule has 0 aliphatic carbocycles. The number of fused-ring (bicyclic) bond motifs is 1. The number of ether oxygens (including phenoxy) is 1. The number of hydrogen-bond donors (Lipinski definition) is 3. The third-order valence-corrected chi connectivity index (χ3v) is 6.95. The summed E-state index contributed by atoms with van der Waals surface area (Å²) >= 11 is 6.22. The summed E-state index contributed by atoms with van der Waals surface area (Å²) in [6, 6.07) is 12.4. The number of aromatic nitrogens is 4. The van der Waals surface area contributed by atoms with E-state index in [1.54, 1.807) is 25.4 Å². The summed E-state index contributed by atoms with van der Waals surface area (Å²) in [6.07, 6.45) is 3.17. The van der Waals surface area contributed by atoms with Crippen molar-refractivity contribution >= 4 is 28.6 Å². The van der Waals surface area contributed by atoms with Gasteiger partial charge in [-0.2, -0.15) is 5.10 Å². The highest BCUT2D eigenvalue weighted by Gasteiger charge is 2.34. The topological polar surface area (TPSA) is 99.2 Å². The van der Waals surface area contributed by atoms with Crippen LogP contribution in [-0.4, -0.2) is 57.6 Å². The van der Waals surface area contributed by atoms with Crippen LogP contribution in [0.25, 0.3) is 22.4 Å². The SMILES string of the molecule is COc1ccc(CNC2(CO)CCN(c3cnc4c(-c5c(F)cccc5Cl)[nH]nc4n3)CC2)cc1. The molecular weight excluding hydrogens is 471 g/mol. The van der Waals surface area contributed by atoms with E-state index in [0.29, 0.717) is 42.3 Å². The van der Waals surface area contributed by atoms with Crippen LogP contribution in [-0.2, 0) is 6.54 Å². The van der Waals surface area contributed by atoms with E-state index in [0.717, 1.165) is 24.2 Å². The fraction of sp³-hybridized carbons (Fsp3) is 0.320. The molecule has 1 aliphatic rings. The van der Waals surface area contributed by atoms with Crippen molar-refractivity contribution in [1.29, 1.82) is 0 Å². The van der Waals surface area contributed by atoms with E-state index in [4.69, 9.17) is 16.3 Å². The van der Waals surface area contributed by atoms with E-state index in [9.17, 15) is 9.50 Å². The quantitative estimate of drug-likeness (QED) is 0.356. The average Bonchev–Trinajstić information content (AvgIpc) is 3.31. The Hall–Kier alpha value is -3.27. The van der Waals surface area contributed by atoms with Gasteiger partial charge in [0.05, 0.1) is 36.2 Å². The van der Waals surface area contributed by atoms with Crippen LogP contribution >= 0.6 is 11.6 Å². The molecule has 0 spiro atoms. The molecule has 1 aliphatic heterocycles. The van der Waals surface area contributed by atoms with E-state index in [1.807, 2.05) is 24.3 Å². The molecule has 3 N–H and O–H groups in total. The van der Waals surface area contributed by atoms with Crippen molar-refractivity contribution in [3.8, 4) is 17.0 Å². The normalized spacial score (nSPS) is 15.5.